The molecule has 0 unspecified atom stereocenters. The van der Waals surface area contributed by atoms with Gasteiger partial charge in [-0.3, -0.25) is 9.80 Å². The zero-order valence-corrected chi connectivity index (χ0v) is 10.5. The van der Waals surface area contributed by atoms with Crippen molar-refractivity contribution in [3.05, 3.63) is 0 Å². The molecule has 1 aliphatic heterocycles. The van der Waals surface area contributed by atoms with E-state index in [0.717, 1.165) is 32.7 Å². The van der Waals surface area contributed by atoms with E-state index in [1.54, 1.807) is 0 Å². The molecule has 0 amide bonds. The summed E-state index contributed by atoms with van der Waals surface area (Å²) in [5.41, 5.74) is 5.42. The molecule has 1 rings (SSSR count). The van der Waals surface area contributed by atoms with Crippen molar-refractivity contribution in [1.82, 2.24) is 20.4 Å². The molecule has 1 heterocycles. The average molecular weight is 231 g/mol. The topological polar surface area (TPSA) is 56.6 Å². The van der Waals surface area contributed by atoms with Crippen molar-refractivity contribution < 1.29 is 1.43 Å². The maximum atomic E-state index is 5.42. The van der Waals surface area contributed by atoms with E-state index >= 15 is 0 Å². The molecule has 1 saturated heterocycles. The van der Waals surface area contributed by atoms with Gasteiger partial charge in [0, 0.05) is 66.9 Å². The number of piperazine rings is 1. The minimum Gasteiger partial charge on any atom is -0.329 e. The first-order chi connectivity index (χ1) is 7.86. The van der Waals surface area contributed by atoms with Crippen molar-refractivity contribution >= 4 is 0 Å². The van der Waals surface area contributed by atoms with Crippen LogP contribution < -0.4 is 16.4 Å². The van der Waals surface area contributed by atoms with Gasteiger partial charge in [0.15, 0.2) is 0 Å². The van der Waals surface area contributed by atoms with E-state index in [1.807, 2.05) is 7.05 Å². The molecule has 0 saturated carbocycles. The van der Waals surface area contributed by atoms with Crippen molar-refractivity contribution in [3.8, 4) is 0 Å². The molecule has 98 valence electrons. The lowest BCUT2D eigenvalue weighted by atomic mass is 10.3. The minimum atomic E-state index is 0. The van der Waals surface area contributed by atoms with Gasteiger partial charge in [0.25, 0.3) is 0 Å². The van der Waals surface area contributed by atoms with Crippen LogP contribution in [0.15, 0.2) is 0 Å². The molecule has 5 heteroatoms. The van der Waals surface area contributed by atoms with Crippen LogP contribution in [-0.4, -0.2) is 82.3 Å². The number of rotatable bonds is 8. The molecule has 0 aliphatic carbocycles. The fourth-order valence-electron chi connectivity index (χ4n) is 1.97. The summed E-state index contributed by atoms with van der Waals surface area (Å²) in [6, 6.07) is 0. The molecule has 5 nitrogen and oxygen atoms in total. The van der Waals surface area contributed by atoms with Gasteiger partial charge >= 0.3 is 0 Å². The zero-order valence-electron chi connectivity index (χ0n) is 10.5. The van der Waals surface area contributed by atoms with Crippen molar-refractivity contribution in [2.45, 2.75) is 0 Å². The molecule has 0 aromatic heterocycles. The zero-order chi connectivity index (χ0) is 11.6. The van der Waals surface area contributed by atoms with Gasteiger partial charge in [-0.1, -0.05) is 0 Å². The Kier molecular flexibility index (Phi) is 7.71. The molecule has 0 atom stereocenters. The first-order valence-electron chi connectivity index (χ1n) is 6.37. The number of likely N-dealkylation sites (N-methyl/N-ethyl adjacent to an activating group) is 1. The van der Waals surface area contributed by atoms with Crippen LogP contribution in [0.2, 0.25) is 0 Å². The fourth-order valence-corrected chi connectivity index (χ4v) is 1.97. The van der Waals surface area contributed by atoms with Gasteiger partial charge < -0.3 is 16.4 Å². The smallest absolute Gasteiger partial charge is 0.0110 e. The van der Waals surface area contributed by atoms with Gasteiger partial charge in [-0.15, -0.1) is 0 Å². The van der Waals surface area contributed by atoms with Crippen LogP contribution in [0.3, 0.4) is 0 Å². The predicted octanol–water partition coefficient (Wildman–Crippen LogP) is -1.38. The highest BCUT2D eigenvalue weighted by Gasteiger charge is 2.15. The summed E-state index contributed by atoms with van der Waals surface area (Å²) in [6.07, 6.45) is 0. The SMILES string of the molecule is CNCCN1CCN(CCNCCN)CC1.[HH]. The van der Waals surface area contributed by atoms with Crippen LogP contribution in [0.5, 0.6) is 0 Å². The van der Waals surface area contributed by atoms with Crippen LogP contribution in [0, 0.1) is 0 Å². The van der Waals surface area contributed by atoms with Gasteiger partial charge in [0.05, 0.1) is 0 Å². The predicted molar refractivity (Wildman–Crippen MR) is 70.8 cm³/mol. The van der Waals surface area contributed by atoms with E-state index < -0.39 is 0 Å². The highest BCUT2D eigenvalue weighted by atomic mass is 15.3. The summed E-state index contributed by atoms with van der Waals surface area (Å²) in [5.74, 6) is 0. The largest absolute Gasteiger partial charge is 0.329 e. The third kappa shape index (κ3) is 5.77. The quantitative estimate of drug-likeness (QED) is 0.450. The second-order valence-electron chi connectivity index (χ2n) is 4.33. The molecule has 0 bridgehead atoms. The summed E-state index contributed by atoms with van der Waals surface area (Å²) in [7, 11) is 2.01. The lowest BCUT2D eigenvalue weighted by Crippen LogP contribution is -2.49. The summed E-state index contributed by atoms with van der Waals surface area (Å²) in [4.78, 5) is 5.06. The summed E-state index contributed by atoms with van der Waals surface area (Å²) < 4.78 is 0. The maximum absolute atomic E-state index is 5.42. The molecular weight excluding hydrogens is 202 g/mol. The highest BCUT2D eigenvalue weighted by molar-refractivity contribution is 4.72. The van der Waals surface area contributed by atoms with Gasteiger partial charge in [0.1, 0.15) is 0 Å². The van der Waals surface area contributed by atoms with Gasteiger partial charge in [-0.25, -0.2) is 0 Å². The number of nitrogens with zero attached hydrogens (tertiary/aromatic N) is 2. The summed E-state index contributed by atoms with van der Waals surface area (Å²) in [5, 5.41) is 6.54. The first kappa shape index (κ1) is 13.9. The Hall–Kier alpha value is -0.200. The molecule has 0 spiro atoms. The Morgan fingerprint density at radius 1 is 1.00 bits per heavy atom. The third-order valence-corrected chi connectivity index (χ3v) is 3.07. The van der Waals surface area contributed by atoms with E-state index in [2.05, 4.69) is 20.4 Å². The Labute approximate surface area is 101 Å². The van der Waals surface area contributed by atoms with Crippen molar-refractivity contribution in [2.75, 3.05) is 72.5 Å². The number of nitrogens with one attached hydrogen (secondary N) is 2. The molecule has 1 fully saturated rings. The average Bonchev–Trinajstić information content (AvgIpc) is 2.33. The Morgan fingerprint density at radius 3 is 2.06 bits per heavy atom. The Balaban J connectivity index is 0.00000256. The summed E-state index contributed by atoms with van der Waals surface area (Å²) in [6.45, 7) is 11.0. The van der Waals surface area contributed by atoms with Crippen LogP contribution in [0.1, 0.15) is 1.43 Å². The van der Waals surface area contributed by atoms with E-state index in [9.17, 15) is 0 Å². The van der Waals surface area contributed by atoms with Gasteiger partial charge in [0.2, 0.25) is 0 Å². The van der Waals surface area contributed by atoms with E-state index in [-0.39, 0.29) is 1.43 Å². The van der Waals surface area contributed by atoms with Gasteiger partial charge in [-0.05, 0) is 7.05 Å². The molecule has 4 N–H and O–H groups in total. The van der Waals surface area contributed by atoms with Crippen LogP contribution >= 0.6 is 0 Å². The second-order valence-corrected chi connectivity index (χ2v) is 4.33. The normalized spacial score (nSPS) is 19.1. The minimum absolute atomic E-state index is 0. The maximum Gasteiger partial charge on any atom is 0.0110 e. The Morgan fingerprint density at radius 2 is 1.56 bits per heavy atom. The van der Waals surface area contributed by atoms with E-state index in [4.69, 9.17) is 5.73 Å². The molecule has 0 aromatic rings. The molecule has 0 radical (unpaired) electrons. The number of nitrogens with two attached hydrogens (primary N) is 1. The standard InChI is InChI=1S/C11H27N5.H2/c1-13-4-6-15-8-10-16(11-9-15)7-5-14-3-2-12;/h13-14H,2-12H2,1H3;1H. The van der Waals surface area contributed by atoms with Crippen molar-refractivity contribution in [3.63, 3.8) is 0 Å². The van der Waals surface area contributed by atoms with E-state index in [1.165, 1.54) is 32.7 Å². The molecule has 0 aromatic carbocycles. The van der Waals surface area contributed by atoms with Crippen LogP contribution in [-0.2, 0) is 0 Å². The third-order valence-electron chi connectivity index (χ3n) is 3.07. The second kappa shape index (κ2) is 8.90. The Bertz CT molecular complexity index is 162. The molecule has 1 aliphatic rings. The first-order valence-corrected chi connectivity index (χ1v) is 6.37. The number of hydrogen-bond donors (Lipinski definition) is 3. The van der Waals surface area contributed by atoms with Gasteiger partial charge in [-0.2, -0.15) is 0 Å². The molecule has 16 heavy (non-hydrogen) atoms. The van der Waals surface area contributed by atoms with Crippen molar-refractivity contribution in [2.24, 2.45) is 5.73 Å². The fraction of sp³-hybridized carbons (Fsp3) is 1.00. The lowest BCUT2D eigenvalue weighted by molar-refractivity contribution is 0.134. The van der Waals surface area contributed by atoms with Crippen molar-refractivity contribution in [1.29, 1.82) is 0 Å². The van der Waals surface area contributed by atoms with E-state index in [0.29, 0.717) is 0 Å². The molecular formula is C11H29N5. The summed E-state index contributed by atoms with van der Waals surface area (Å²) >= 11 is 0. The highest BCUT2D eigenvalue weighted by Crippen LogP contribution is 1.99. The van der Waals surface area contributed by atoms with Crippen LogP contribution in [0.4, 0.5) is 0 Å². The monoisotopic (exact) mass is 231 g/mol. The lowest BCUT2D eigenvalue weighted by Gasteiger charge is -2.34. The van der Waals surface area contributed by atoms with Crippen LogP contribution in [0.25, 0.3) is 0 Å². The number of hydrogen-bond acceptors (Lipinski definition) is 5.